The smallest absolute Gasteiger partial charge is 0.295 e. The third kappa shape index (κ3) is 3.34. The Morgan fingerprint density at radius 2 is 2.00 bits per heavy atom. The zero-order valence-corrected chi connectivity index (χ0v) is 12.0. The average molecular weight is 281 g/mol. The van der Waals surface area contributed by atoms with E-state index in [0.29, 0.717) is 17.3 Å². The highest BCUT2D eigenvalue weighted by molar-refractivity contribution is 5.78. The van der Waals surface area contributed by atoms with E-state index in [2.05, 4.69) is 41.5 Å². The summed E-state index contributed by atoms with van der Waals surface area (Å²) in [6.07, 6.45) is 2.05. The minimum absolute atomic E-state index is 0.288. The van der Waals surface area contributed by atoms with Gasteiger partial charge in [0.15, 0.2) is 5.58 Å². The lowest BCUT2D eigenvalue weighted by molar-refractivity contribution is 0.589. The van der Waals surface area contributed by atoms with Crippen LogP contribution in [-0.2, 0) is 6.42 Å². The first-order valence-corrected chi connectivity index (χ1v) is 7.17. The van der Waals surface area contributed by atoms with Crippen LogP contribution in [0.1, 0.15) is 18.9 Å². The number of nitrogens with zero attached hydrogens (tertiary/aromatic N) is 1. The molecule has 3 N–H and O–H groups in total. The van der Waals surface area contributed by atoms with E-state index in [4.69, 9.17) is 10.2 Å². The first-order valence-electron chi connectivity index (χ1n) is 7.17. The molecule has 3 aromatic rings. The number of hydrogen-bond acceptors (Lipinski definition) is 4. The SMILES string of the molecule is CC(CCc1ccccc1)Nc1nc2ccc(N)cc2o1. The van der Waals surface area contributed by atoms with E-state index in [1.807, 2.05) is 18.2 Å². The van der Waals surface area contributed by atoms with Crippen molar-refractivity contribution in [3.8, 4) is 0 Å². The number of fused-ring (bicyclic) bond motifs is 1. The minimum Gasteiger partial charge on any atom is -0.423 e. The van der Waals surface area contributed by atoms with Crippen LogP contribution in [0.4, 0.5) is 11.7 Å². The molecular formula is C17H19N3O. The first kappa shape index (κ1) is 13.5. The zero-order valence-electron chi connectivity index (χ0n) is 12.0. The van der Waals surface area contributed by atoms with Gasteiger partial charge in [-0.2, -0.15) is 4.98 Å². The van der Waals surface area contributed by atoms with Crippen LogP contribution in [0, 0.1) is 0 Å². The Morgan fingerprint density at radius 3 is 2.81 bits per heavy atom. The molecule has 3 rings (SSSR count). The molecule has 0 bridgehead atoms. The van der Waals surface area contributed by atoms with E-state index >= 15 is 0 Å². The van der Waals surface area contributed by atoms with Crippen LogP contribution < -0.4 is 11.1 Å². The number of nitrogens with two attached hydrogens (primary N) is 1. The molecular weight excluding hydrogens is 262 g/mol. The van der Waals surface area contributed by atoms with Gasteiger partial charge in [0.05, 0.1) is 0 Å². The second kappa shape index (κ2) is 5.87. The fraction of sp³-hybridized carbons (Fsp3) is 0.235. The number of oxazole rings is 1. The monoisotopic (exact) mass is 281 g/mol. The van der Waals surface area contributed by atoms with Crippen molar-refractivity contribution in [1.29, 1.82) is 0 Å². The van der Waals surface area contributed by atoms with Gasteiger partial charge in [-0.3, -0.25) is 0 Å². The van der Waals surface area contributed by atoms with Gasteiger partial charge in [-0.25, -0.2) is 0 Å². The van der Waals surface area contributed by atoms with E-state index < -0.39 is 0 Å². The highest BCUT2D eigenvalue weighted by Gasteiger charge is 2.09. The normalized spacial score (nSPS) is 12.4. The standard InChI is InChI=1S/C17H19N3O/c1-12(7-8-13-5-3-2-4-6-13)19-17-20-15-10-9-14(18)11-16(15)21-17/h2-6,9-12H,7-8,18H2,1H3,(H,19,20). The maximum Gasteiger partial charge on any atom is 0.295 e. The third-order valence-corrected chi connectivity index (χ3v) is 3.49. The molecule has 1 heterocycles. The van der Waals surface area contributed by atoms with E-state index in [1.54, 1.807) is 6.07 Å². The van der Waals surface area contributed by atoms with Gasteiger partial charge in [-0.1, -0.05) is 30.3 Å². The van der Waals surface area contributed by atoms with Crippen LogP contribution >= 0.6 is 0 Å². The van der Waals surface area contributed by atoms with Crippen molar-refractivity contribution in [1.82, 2.24) is 4.98 Å². The van der Waals surface area contributed by atoms with E-state index in [1.165, 1.54) is 5.56 Å². The number of rotatable bonds is 5. The second-order valence-corrected chi connectivity index (χ2v) is 5.32. The Bertz CT molecular complexity index is 721. The van der Waals surface area contributed by atoms with E-state index in [-0.39, 0.29) is 6.04 Å². The Morgan fingerprint density at radius 1 is 1.19 bits per heavy atom. The number of nitrogens with one attached hydrogen (secondary N) is 1. The molecule has 0 aliphatic heterocycles. The van der Waals surface area contributed by atoms with Crippen LogP contribution in [-0.4, -0.2) is 11.0 Å². The number of benzene rings is 2. The highest BCUT2D eigenvalue weighted by atomic mass is 16.4. The molecule has 108 valence electrons. The van der Waals surface area contributed by atoms with Gasteiger partial charge < -0.3 is 15.5 Å². The van der Waals surface area contributed by atoms with Crippen molar-refractivity contribution in [2.75, 3.05) is 11.1 Å². The van der Waals surface area contributed by atoms with Crippen molar-refractivity contribution < 1.29 is 4.42 Å². The van der Waals surface area contributed by atoms with Gasteiger partial charge in [0.1, 0.15) is 5.52 Å². The Balaban J connectivity index is 1.62. The summed E-state index contributed by atoms with van der Waals surface area (Å²) in [6.45, 7) is 2.13. The lowest BCUT2D eigenvalue weighted by Crippen LogP contribution is -2.16. The summed E-state index contributed by atoms with van der Waals surface area (Å²) in [5.41, 5.74) is 9.30. The molecule has 0 aliphatic rings. The molecule has 0 spiro atoms. The van der Waals surface area contributed by atoms with Crippen LogP contribution in [0.25, 0.3) is 11.1 Å². The molecule has 0 fully saturated rings. The maximum absolute atomic E-state index is 5.74. The van der Waals surface area contributed by atoms with Gasteiger partial charge in [0, 0.05) is 17.8 Å². The fourth-order valence-corrected chi connectivity index (χ4v) is 2.31. The molecule has 1 unspecified atom stereocenters. The van der Waals surface area contributed by atoms with Crippen LogP contribution in [0.15, 0.2) is 52.9 Å². The molecule has 1 aromatic heterocycles. The summed E-state index contributed by atoms with van der Waals surface area (Å²) in [5, 5.41) is 3.30. The number of aryl methyl sites for hydroxylation is 1. The maximum atomic E-state index is 5.74. The van der Waals surface area contributed by atoms with Crippen LogP contribution in [0.3, 0.4) is 0 Å². The van der Waals surface area contributed by atoms with Gasteiger partial charge in [-0.15, -0.1) is 0 Å². The van der Waals surface area contributed by atoms with Gasteiger partial charge in [0.2, 0.25) is 0 Å². The summed E-state index contributed by atoms with van der Waals surface area (Å²) >= 11 is 0. The molecule has 2 aromatic carbocycles. The molecule has 4 nitrogen and oxygen atoms in total. The molecule has 4 heteroatoms. The summed E-state index contributed by atoms with van der Waals surface area (Å²) in [7, 11) is 0. The summed E-state index contributed by atoms with van der Waals surface area (Å²) < 4.78 is 5.67. The van der Waals surface area contributed by atoms with E-state index in [9.17, 15) is 0 Å². The largest absolute Gasteiger partial charge is 0.423 e. The quantitative estimate of drug-likeness (QED) is 0.697. The van der Waals surface area contributed by atoms with Crippen molar-refractivity contribution in [3.63, 3.8) is 0 Å². The fourth-order valence-electron chi connectivity index (χ4n) is 2.31. The van der Waals surface area contributed by atoms with Gasteiger partial charge in [-0.05, 0) is 37.5 Å². The molecule has 0 aliphatic carbocycles. The topological polar surface area (TPSA) is 64.1 Å². The molecule has 0 saturated carbocycles. The summed E-state index contributed by atoms with van der Waals surface area (Å²) in [4.78, 5) is 4.42. The minimum atomic E-state index is 0.288. The van der Waals surface area contributed by atoms with Crippen molar-refractivity contribution in [2.45, 2.75) is 25.8 Å². The van der Waals surface area contributed by atoms with E-state index in [0.717, 1.165) is 18.4 Å². The molecule has 0 saturated heterocycles. The lowest BCUT2D eigenvalue weighted by Gasteiger charge is -2.11. The Hall–Kier alpha value is -2.49. The number of hydrogen-bond donors (Lipinski definition) is 2. The zero-order chi connectivity index (χ0) is 14.7. The second-order valence-electron chi connectivity index (χ2n) is 5.32. The van der Waals surface area contributed by atoms with Crippen molar-refractivity contribution >= 4 is 22.8 Å². The van der Waals surface area contributed by atoms with Crippen molar-refractivity contribution in [2.24, 2.45) is 0 Å². The lowest BCUT2D eigenvalue weighted by atomic mass is 10.1. The third-order valence-electron chi connectivity index (χ3n) is 3.49. The predicted octanol–water partition coefficient (Wildman–Crippen LogP) is 3.84. The van der Waals surface area contributed by atoms with Crippen LogP contribution in [0.2, 0.25) is 0 Å². The van der Waals surface area contributed by atoms with Crippen molar-refractivity contribution in [3.05, 3.63) is 54.1 Å². The molecule has 0 radical (unpaired) electrons. The van der Waals surface area contributed by atoms with Crippen LogP contribution in [0.5, 0.6) is 0 Å². The Labute approximate surface area is 124 Å². The summed E-state index contributed by atoms with van der Waals surface area (Å²) in [5.74, 6) is 0. The highest BCUT2D eigenvalue weighted by Crippen LogP contribution is 2.22. The molecule has 0 amide bonds. The first-order chi connectivity index (χ1) is 10.2. The Kier molecular flexibility index (Phi) is 3.77. The average Bonchev–Trinajstić information content (AvgIpc) is 2.87. The summed E-state index contributed by atoms with van der Waals surface area (Å²) in [6, 6.07) is 16.8. The molecule has 21 heavy (non-hydrogen) atoms. The number of nitrogen functional groups attached to an aromatic ring is 1. The number of anilines is 2. The predicted molar refractivity (Wildman–Crippen MR) is 86.3 cm³/mol. The number of aromatic nitrogens is 1. The van der Waals surface area contributed by atoms with Gasteiger partial charge >= 0.3 is 0 Å². The van der Waals surface area contributed by atoms with Gasteiger partial charge in [0.25, 0.3) is 6.01 Å². The molecule has 1 atom stereocenters.